The monoisotopic (exact) mass is 433 g/mol. The van der Waals surface area contributed by atoms with E-state index >= 15 is 0 Å². The minimum atomic E-state index is -1.14. The van der Waals surface area contributed by atoms with E-state index in [2.05, 4.69) is 20.6 Å². The number of carbonyl (C=O) groups is 3. The molecule has 30 heavy (non-hydrogen) atoms. The van der Waals surface area contributed by atoms with Crippen molar-refractivity contribution in [2.24, 2.45) is 11.8 Å². The number of amides is 2. The Kier molecular flexibility index (Phi) is 5.51. The van der Waals surface area contributed by atoms with E-state index in [-0.39, 0.29) is 46.6 Å². The van der Waals surface area contributed by atoms with Crippen LogP contribution in [0, 0.1) is 11.8 Å². The zero-order valence-corrected chi connectivity index (χ0v) is 17.3. The van der Waals surface area contributed by atoms with Crippen molar-refractivity contribution in [2.75, 3.05) is 6.54 Å². The van der Waals surface area contributed by atoms with Crippen molar-refractivity contribution in [3.05, 3.63) is 34.9 Å². The maximum absolute atomic E-state index is 12.4. The standard InChI is InChI=1S/C19H23N5O5S/c1-8-14-13(9(2)25)18(27)24(14)15(19(28)29)16(8)30-10-5-12(22-6-10)23-17(26)11-7-20-3-4-21-11/h3-4,7-10,12-14,22,25H,5-6H2,1-2H3,(H,23,26)(H,28,29)/t8-,9-,10+,12+,13-,14-/m1/s1. The number of fused-ring (bicyclic) bond motifs is 1. The molecule has 3 aliphatic heterocycles. The smallest absolute Gasteiger partial charge is 0.353 e. The number of aliphatic carboxylic acids is 1. The normalized spacial score (nSPS) is 31.4. The molecule has 10 nitrogen and oxygen atoms in total. The highest BCUT2D eigenvalue weighted by Crippen LogP contribution is 2.51. The fraction of sp³-hybridized carbons (Fsp3) is 0.526. The van der Waals surface area contributed by atoms with Crippen LogP contribution in [0.1, 0.15) is 30.8 Å². The largest absolute Gasteiger partial charge is 0.477 e. The average molecular weight is 433 g/mol. The molecule has 0 aromatic carbocycles. The molecule has 2 saturated heterocycles. The summed E-state index contributed by atoms with van der Waals surface area (Å²) in [5, 5.41) is 25.8. The number of nitrogens with one attached hydrogen (secondary N) is 2. The van der Waals surface area contributed by atoms with Gasteiger partial charge in [0.15, 0.2) is 0 Å². The molecule has 2 fully saturated rings. The van der Waals surface area contributed by atoms with Gasteiger partial charge in [-0.3, -0.25) is 19.9 Å². The molecule has 11 heteroatoms. The van der Waals surface area contributed by atoms with Crippen LogP contribution in [0.25, 0.3) is 0 Å². The number of nitrogens with zero attached hydrogens (tertiary/aromatic N) is 3. The van der Waals surface area contributed by atoms with Crippen LogP contribution in [0.5, 0.6) is 0 Å². The van der Waals surface area contributed by atoms with Gasteiger partial charge in [-0.1, -0.05) is 6.92 Å². The van der Waals surface area contributed by atoms with Gasteiger partial charge in [0.25, 0.3) is 5.91 Å². The Morgan fingerprint density at radius 3 is 2.80 bits per heavy atom. The van der Waals surface area contributed by atoms with Gasteiger partial charge in [0, 0.05) is 35.0 Å². The highest BCUT2D eigenvalue weighted by atomic mass is 32.2. The van der Waals surface area contributed by atoms with E-state index in [9.17, 15) is 24.6 Å². The predicted molar refractivity (Wildman–Crippen MR) is 107 cm³/mol. The summed E-state index contributed by atoms with van der Waals surface area (Å²) in [6, 6.07) is -0.326. The van der Waals surface area contributed by atoms with Crippen LogP contribution in [0.3, 0.4) is 0 Å². The summed E-state index contributed by atoms with van der Waals surface area (Å²) in [5.74, 6) is -2.56. The fourth-order valence-electron chi connectivity index (χ4n) is 4.41. The van der Waals surface area contributed by atoms with Crippen molar-refractivity contribution in [2.45, 2.75) is 43.8 Å². The van der Waals surface area contributed by atoms with Gasteiger partial charge >= 0.3 is 5.97 Å². The Morgan fingerprint density at radius 1 is 1.40 bits per heavy atom. The van der Waals surface area contributed by atoms with Crippen molar-refractivity contribution in [1.82, 2.24) is 25.5 Å². The van der Waals surface area contributed by atoms with Crippen LogP contribution in [0.15, 0.2) is 29.2 Å². The first-order valence-corrected chi connectivity index (χ1v) is 10.6. The van der Waals surface area contributed by atoms with Gasteiger partial charge in [-0.2, -0.15) is 0 Å². The third-order valence-electron chi connectivity index (χ3n) is 5.80. The van der Waals surface area contributed by atoms with Gasteiger partial charge in [-0.05, 0) is 13.3 Å². The SMILES string of the molecule is C[C@@H](O)[C@H]1C(=O)N2C(C(=O)O)=C(S[C@@H]3CN[C@@H](NC(=O)c4cnccn4)C3)[C@H](C)[C@H]12. The van der Waals surface area contributed by atoms with Gasteiger partial charge < -0.3 is 20.4 Å². The van der Waals surface area contributed by atoms with Gasteiger partial charge in [-0.25, -0.2) is 9.78 Å². The van der Waals surface area contributed by atoms with E-state index in [0.29, 0.717) is 17.9 Å². The number of carboxylic acids is 1. The number of aromatic nitrogens is 2. The maximum atomic E-state index is 12.4. The lowest BCUT2D eigenvalue weighted by molar-refractivity contribution is -0.163. The minimum Gasteiger partial charge on any atom is -0.477 e. The van der Waals surface area contributed by atoms with E-state index in [1.807, 2.05) is 6.92 Å². The summed E-state index contributed by atoms with van der Waals surface area (Å²) in [5.41, 5.74) is 0.245. The van der Waals surface area contributed by atoms with Crippen LogP contribution in [0.4, 0.5) is 0 Å². The number of carboxylic acid groups (broad SMARTS) is 1. The first-order chi connectivity index (χ1) is 14.3. The molecule has 0 spiro atoms. The summed E-state index contributed by atoms with van der Waals surface area (Å²) in [7, 11) is 0. The number of thioether (sulfide) groups is 1. The van der Waals surface area contributed by atoms with Crippen molar-refractivity contribution in [3.8, 4) is 0 Å². The average Bonchev–Trinajstić information content (AvgIpc) is 3.23. The van der Waals surface area contributed by atoms with E-state index < -0.39 is 18.0 Å². The van der Waals surface area contributed by atoms with Gasteiger partial charge in [0.05, 0.1) is 30.4 Å². The van der Waals surface area contributed by atoms with Crippen LogP contribution in [-0.2, 0) is 9.59 Å². The molecular weight excluding hydrogens is 410 g/mol. The zero-order chi connectivity index (χ0) is 21.6. The Morgan fingerprint density at radius 2 is 2.17 bits per heavy atom. The summed E-state index contributed by atoms with van der Waals surface area (Å²) in [6.45, 7) is 4.04. The third-order valence-corrected chi connectivity index (χ3v) is 7.31. The lowest BCUT2D eigenvalue weighted by Crippen LogP contribution is -2.63. The van der Waals surface area contributed by atoms with E-state index in [1.165, 1.54) is 35.3 Å². The Bertz CT molecular complexity index is 908. The third kappa shape index (κ3) is 3.46. The Labute approximate surface area is 177 Å². The molecule has 1 aromatic heterocycles. The summed E-state index contributed by atoms with van der Waals surface area (Å²) >= 11 is 1.43. The predicted octanol–water partition coefficient (Wildman–Crippen LogP) is -0.219. The Hall–Kier alpha value is -2.50. The molecule has 1 aromatic rings. The molecule has 4 heterocycles. The van der Waals surface area contributed by atoms with Gasteiger partial charge in [-0.15, -0.1) is 11.8 Å². The van der Waals surface area contributed by atoms with E-state index in [0.717, 1.165) is 0 Å². The first kappa shape index (κ1) is 20.8. The Balaban J connectivity index is 1.43. The molecule has 0 bridgehead atoms. The molecule has 4 N–H and O–H groups in total. The molecule has 160 valence electrons. The van der Waals surface area contributed by atoms with Crippen molar-refractivity contribution < 1.29 is 24.6 Å². The van der Waals surface area contributed by atoms with Crippen LogP contribution in [-0.4, -0.2) is 73.0 Å². The fourth-order valence-corrected chi connectivity index (χ4v) is 5.89. The highest BCUT2D eigenvalue weighted by Gasteiger charge is 2.60. The number of rotatable bonds is 6. The topological polar surface area (TPSA) is 145 Å². The van der Waals surface area contributed by atoms with Crippen molar-refractivity contribution in [1.29, 1.82) is 0 Å². The highest BCUT2D eigenvalue weighted by molar-refractivity contribution is 8.03. The van der Waals surface area contributed by atoms with E-state index in [1.54, 1.807) is 6.92 Å². The summed E-state index contributed by atoms with van der Waals surface area (Å²) < 4.78 is 0. The van der Waals surface area contributed by atoms with Crippen molar-refractivity contribution in [3.63, 3.8) is 0 Å². The number of carbonyl (C=O) groups excluding carboxylic acids is 2. The zero-order valence-electron chi connectivity index (χ0n) is 16.5. The summed E-state index contributed by atoms with van der Waals surface area (Å²) in [6.07, 6.45) is 3.83. The quantitative estimate of drug-likeness (QED) is 0.447. The van der Waals surface area contributed by atoms with Crippen molar-refractivity contribution >= 4 is 29.5 Å². The molecule has 6 atom stereocenters. The lowest BCUT2D eigenvalue weighted by atomic mass is 9.79. The van der Waals surface area contributed by atoms with E-state index in [4.69, 9.17) is 0 Å². The maximum Gasteiger partial charge on any atom is 0.353 e. The molecule has 3 aliphatic rings. The molecule has 0 unspecified atom stereocenters. The number of β-lactam (4-membered cyclic amide) rings is 1. The summed E-state index contributed by atoms with van der Waals surface area (Å²) in [4.78, 5) is 46.4. The number of aliphatic hydroxyl groups is 1. The first-order valence-electron chi connectivity index (χ1n) is 9.75. The minimum absolute atomic E-state index is 0.0199. The molecule has 0 saturated carbocycles. The second kappa shape index (κ2) is 7.97. The second-order valence-corrected chi connectivity index (χ2v) is 9.11. The van der Waals surface area contributed by atoms with Crippen LogP contribution >= 0.6 is 11.8 Å². The van der Waals surface area contributed by atoms with Gasteiger partial charge in [0.2, 0.25) is 5.91 Å². The number of hydrogen-bond donors (Lipinski definition) is 4. The molecule has 4 rings (SSSR count). The van der Waals surface area contributed by atoms with Crippen LogP contribution < -0.4 is 10.6 Å². The molecule has 2 amide bonds. The lowest BCUT2D eigenvalue weighted by Gasteiger charge is -2.46. The molecular formula is C19H23N5O5S. The van der Waals surface area contributed by atoms with Crippen LogP contribution in [0.2, 0.25) is 0 Å². The number of aliphatic hydroxyl groups excluding tert-OH is 1. The number of hydrogen-bond acceptors (Lipinski definition) is 8. The molecule has 0 aliphatic carbocycles. The second-order valence-electron chi connectivity index (χ2n) is 7.77. The van der Waals surface area contributed by atoms with Gasteiger partial charge in [0.1, 0.15) is 11.4 Å². The molecule has 0 radical (unpaired) electrons.